The average Bonchev–Trinajstić information content (AvgIpc) is 3.25. The predicted molar refractivity (Wildman–Crippen MR) is 116 cm³/mol. The van der Waals surface area contributed by atoms with Crippen molar-refractivity contribution in [2.75, 3.05) is 20.3 Å². The number of carbonyl (C=O) groups is 2. The van der Waals surface area contributed by atoms with E-state index >= 15 is 0 Å². The maximum atomic E-state index is 13.6. The van der Waals surface area contributed by atoms with Crippen molar-refractivity contribution in [2.24, 2.45) is 0 Å². The molecule has 1 fully saturated rings. The van der Waals surface area contributed by atoms with Crippen molar-refractivity contribution in [3.05, 3.63) is 71.3 Å². The summed E-state index contributed by atoms with van der Waals surface area (Å²) in [4.78, 5) is 29.1. The number of rotatable bonds is 7. The van der Waals surface area contributed by atoms with Gasteiger partial charge >= 0.3 is 0 Å². The molecular formula is C25H30N2O3. The van der Waals surface area contributed by atoms with Crippen molar-refractivity contribution in [2.45, 2.75) is 50.1 Å². The number of nitrogens with zero attached hydrogens (tertiary/aromatic N) is 1. The Morgan fingerprint density at radius 1 is 1.10 bits per heavy atom. The summed E-state index contributed by atoms with van der Waals surface area (Å²) in [5, 5.41) is 3.12. The van der Waals surface area contributed by atoms with E-state index in [0.717, 1.165) is 43.2 Å². The van der Waals surface area contributed by atoms with Gasteiger partial charge < -0.3 is 15.0 Å². The number of hydrogen-bond acceptors (Lipinski definition) is 3. The van der Waals surface area contributed by atoms with Gasteiger partial charge in [0.25, 0.3) is 5.91 Å². The average molecular weight is 407 g/mol. The Labute approximate surface area is 178 Å². The first-order valence-corrected chi connectivity index (χ1v) is 10.9. The lowest BCUT2D eigenvalue weighted by molar-refractivity contribution is -0.126. The van der Waals surface area contributed by atoms with Gasteiger partial charge in [0.2, 0.25) is 5.91 Å². The van der Waals surface area contributed by atoms with Crippen LogP contribution in [0.15, 0.2) is 54.6 Å². The van der Waals surface area contributed by atoms with E-state index in [1.807, 2.05) is 47.4 Å². The number of hydrogen-bond donors (Lipinski definition) is 1. The molecule has 4 rings (SSSR count). The zero-order valence-corrected chi connectivity index (χ0v) is 17.6. The Morgan fingerprint density at radius 3 is 2.53 bits per heavy atom. The summed E-state index contributed by atoms with van der Waals surface area (Å²) in [5.41, 5.74) is 2.16. The van der Waals surface area contributed by atoms with Gasteiger partial charge in [0.05, 0.1) is 11.5 Å². The third kappa shape index (κ3) is 3.74. The van der Waals surface area contributed by atoms with Gasteiger partial charge in [-0.15, -0.1) is 0 Å². The second-order valence-electron chi connectivity index (χ2n) is 8.35. The van der Waals surface area contributed by atoms with E-state index in [9.17, 15) is 9.59 Å². The Bertz CT molecular complexity index is 890. The van der Waals surface area contributed by atoms with E-state index in [0.29, 0.717) is 25.3 Å². The lowest BCUT2D eigenvalue weighted by Crippen LogP contribution is -2.60. The Hall–Kier alpha value is -2.66. The molecule has 5 heteroatoms. The van der Waals surface area contributed by atoms with Crippen LogP contribution in [0.25, 0.3) is 0 Å². The quantitative estimate of drug-likeness (QED) is 0.710. The molecule has 0 bridgehead atoms. The molecule has 1 aliphatic heterocycles. The first-order valence-electron chi connectivity index (χ1n) is 10.9. The van der Waals surface area contributed by atoms with Gasteiger partial charge in [0, 0.05) is 32.4 Å². The van der Waals surface area contributed by atoms with Crippen LogP contribution < -0.4 is 5.32 Å². The van der Waals surface area contributed by atoms with Gasteiger partial charge in [-0.1, -0.05) is 61.4 Å². The molecule has 1 spiro atoms. The molecule has 0 aromatic heterocycles. The number of fused-ring (bicyclic) bond motifs is 1. The Morgan fingerprint density at radius 2 is 1.80 bits per heavy atom. The second kappa shape index (κ2) is 9.00. The number of nitrogens with one attached hydrogen (secondary N) is 1. The monoisotopic (exact) mass is 406 g/mol. The highest BCUT2D eigenvalue weighted by Gasteiger charge is 2.55. The molecule has 158 valence electrons. The predicted octanol–water partition coefficient (Wildman–Crippen LogP) is 3.89. The molecule has 30 heavy (non-hydrogen) atoms. The van der Waals surface area contributed by atoms with E-state index in [-0.39, 0.29) is 17.7 Å². The molecule has 2 amide bonds. The lowest BCUT2D eigenvalue weighted by Gasteiger charge is -2.50. The van der Waals surface area contributed by atoms with Crippen LogP contribution in [0.2, 0.25) is 0 Å². The molecule has 1 saturated carbocycles. The summed E-state index contributed by atoms with van der Waals surface area (Å²) in [6.45, 7) is 1.72. The molecule has 5 nitrogen and oxygen atoms in total. The smallest absolute Gasteiger partial charge is 0.254 e. The second-order valence-corrected chi connectivity index (χ2v) is 8.35. The van der Waals surface area contributed by atoms with Gasteiger partial charge in [-0.25, -0.2) is 0 Å². The van der Waals surface area contributed by atoms with E-state index in [1.54, 1.807) is 7.11 Å². The summed E-state index contributed by atoms with van der Waals surface area (Å²) in [5.74, 6) is -0.286. The molecule has 1 N–H and O–H groups in total. The number of benzene rings is 2. The van der Waals surface area contributed by atoms with Crippen molar-refractivity contribution >= 4 is 11.8 Å². The third-order valence-corrected chi connectivity index (χ3v) is 6.56. The normalized spacial score (nSPS) is 19.7. The topological polar surface area (TPSA) is 58.6 Å². The highest BCUT2D eigenvalue weighted by molar-refractivity contribution is 6.02. The van der Waals surface area contributed by atoms with Crippen LogP contribution in [0.5, 0.6) is 0 Å². The van der Waals surface area contributed by atoms with Crippen LogP contribution in [-0.2, 0) is 16.1 Å². The molecule has 2 aromatic rings. The Kier molecular flexibility index (Phi) is 6.18. The summed E-state index contributed by atoms with van der Waals surface area (Å²) in [6, 6.07) is 17.7. The highest BCUT2D eigenvalue weighted by atomic mass is 16.5. The molecule has 0 radical (unpaired) electrons. The number of methoxy groups -OCH3 is 1. The van der Waals surface area contributed by atoms with Crippen molar-refractivity contribution in [3.63, 3.8) is 0 Å². The fraction of sp³-hybridized carbons (Fsp3) is 0.440. The summed E-state index contributed by atoms with van der Waals surface area (Å²) in [7, 11) is 1.67. The van der Waals surface area contributed by atoms with Crippen molar-refractivity contribution in [1.82, 2.24) is 10.2 Å². The van der Waals surface area contributed by atoms with Gasteiger partial charge in [-0.05, 0) is 36.5 Å². The van der Waals surface area contributed by atoms with Crippen molar-refractivity contribution in [3.8, 4) is 0 Å². The number of amides is 2. The van der Waals surface area contributed by atoms with Crippen molar-refractivity contribution in [1.29, 1.82) is 0 Å². The van der Waals surface area contributed by atoms with Crippen LogP contribution in [0.3, 0.4) is 0 Å². The van der Waals surface area contributed by atoms with Crippen molar-refractivity contribution < 1.29 is 14.3 Å². The molecule has 1 atom stereocenters. The van der Waals surface area contributed by atoms with Crippen LogP contribution in [0, 0.1) is 0 Å². The first kappa shape index (κ1) is 20.6. The minimum atomic E-state index is -0.466. The summed E-state index contributed by atoms with van der Waals surface area (Å²) in [6.07, 6.45) is 4.56. The fourth-order valence-electron chi connectivity index (χ4n) is 5.19. The first-order chi connectivity index (χ1) is 14.7. The number of ether oxygens (including phenoxy) is 1. The zero-order chi connectivity index (χ0) is 21.0. The largest absolute Gasteiger partial charge is 0.385 e. The summed E-state index contributed by atoms with van der Waals surface area (Å²) >= 11 is 0. The molecule has 0 saturated heterocycles. The third-order valence-electron chi connectivity index (χ3n) is 6.56. The van der Waals surface area contributed by atoms with E-state index in [2.05, 4.69) is 17.4 Å². The molecule has 2 aromatic carbocycles. The maximum absolute atomic E-state index is 13.6. The Balaban J connectivity index is 1.73. The fourth-order valence-corrected chi connectivity index (χ4v) is 5.19. The van der Waals surface area contributed by atoms with Crippen LogP contribution >= 0.6 is 0 Å². The summed E-state index contributed by atoms with van der Waals surface area (Å²) < 4.78 is 5.11. The minimum absolute atomic E-state index is 0.0195. The standard InChI is InChI=1S/C25H30N2O3/c1-30-17-9-16-26-23(28)22-20-12-5-6-13-21(20)24(29)27(25(22)14-7-8-15-25)18-19-10-3-2-4-11-19/h2-6,10-13,22H,7-9,14-18H2,1H3,(H,26,28). The molecule has 2 aliphatic rings. The number of carbonyl (C=O) groups excluding carboxylic acids is 2. The highest BCUT2D eigenvalue weighted by Crippen LogP contribution is 2.50. The van der Waals surface area contributed by atoms with Gasteiger partial charge in [0.15, 0.2) is 0 Å². The van der Waals surface area contributed by atoms with E-state index < -0.39 is 5.54 Å². The van der Waals surface area contributed by atoms with Crippen LogP contribution in [-0.4, -0.2) is 42.5 Å². The van der Waals surface area contributed by atoms with Gasteiger partial charge in [0.1, 0.15) is 0 Å². The zero-order valence-electron chi connectivity index (χ0n) is 17.6. The molecular weight excluding hydrogens is 376 g/mol. The minimum Gasteiger partial charge on any atom is -0.385 e. The molecule has 1 aliphatic carbocycles. The van der Waals surface area contributed by atoms with Crippen LogP contribution in [0.1, 0.15) is 59.5 Å². The van der Waals surface area contributed by atoms with E-state index in [1.165, 1.54) is 0 Å². The lowest BCUT2D eigenvalue weighted by atomic mass is 9.71. The SMILES string of the molecule is COCCCNC(=O)C1c2ccccc2C(=O)N(Cc2ccccc2)C12CCCC2. The van der Waals surface area contributed by atoms with E-state index in [4.69, 9.17) is 4.74 Å². The van der Waals surface area contributed by atoms with Crippen LogP contribution in [0.4, 0.5) is 0 Å². The van der Waals surface area contributed by atoms with Gasteiger partial charge in [-0.2, -0.15) is 0 Å². The molecule has 1 unspecified atom stereocenters. The van der Waals surface area contributed by atoms with Gasteiger partial charge in [-0.3, -0.25) is 9.59 Å². The maximum Gasteiger partial charge on any atom is 0.254 e. The molecule has 1 heterocycles.